The van der Waals surface area contributed by atoms with Crippen LogP contribution in [-0.4, -0.2) is 11.5 Å². The highest BCUT2D eigenvalue weighted by Gasteiger charge is 2.46. The monoisotopic (exact) mass is 267 g/mol. The third kappa shape index (κ3) is 3.14. The van der Waals surface area contributed by atoms with E-state index in [2.05, 4.69) is 26.0 Å². The molecule has 0 spiro atoms. The highest BCUT2D eigenvalue weighted by Crippen LogP contribution is 2.46. The van der Waals surface area contributed by atoms with Crippen LogP contribution in [-0.2, 0) is 0 Å². The maximum atomic E-state index is 13.4. The Labute approximate surface area is 114 Å². The largest absolute Gasteiger partial charge is 0.325 e. The van der Waals surface area contributed by atoms with Crippen LogP contribution in [0.15, 0.2) is 30.3 Å². The van der Waals surface area contributed by atoms with Crippen molar-refractivity contribution in [3.8, 4) is 0 Å². The van der Waals surface area contributed by atoms with Crippen LogP contribution in [0.4, 0.5) is 8.78 Å². The van der Waals surface area contributed by atoms with Gasteiger partial charge in [0.25, 0.3) is 0 Å². The van der Waals surface area contributed by atoms with Gasteiger partial charge in [0, 0.05) is 24.3 Å². The molecule has 1 fully saturated rings. The molecule has 0 aliphatic heterocycles. The molecule has 2 rings (SSSR count). The van der Waals surface area contributed by atoms with Gasteiger partial charge in [0.15, 0.2) is 0 Å². The average molecular weight is 267 g/mol. The van der Waals surface area contributed by atoms with E-state index in [0.29, 0.717) is 18.8 Å². The first-order valence-electron chi connectivity index (χ1n) is 7.06. The number of hydrogen-bond acceptors (Lipinski definition) is 1. The topological polar surface area (TPSA) is 26.0 Å². The predicted molar refractivity (Wildman–Crippen MR) is 74.4 cm³/mol. The summed E-state index contributed by atoms with van der Waals surface area (Å²) in [5, 5.41) is 0. The van der Waals surface area contributed by atoms with Crippen molar-refractivity contribution < 1.29 is 8.78 Å². The van der Waals surface area contributed by atoms with Crippen LogP contribution in [0.5, 0.6) is 0 Å². The molecule has 1 aromatic rings. The lowest BCUT2D eigenvalue weighted by atomic mass is 9.66. The molecule has 3 heteroatoms. The second kappa shape index (κ2) is 5.20. The molecule has 1 saturated carbocycles. The Morgan fingerprint density at radius 2 is 1.53 bits per heavy atom. The summed E-state index contributed by atoms with van der Waals surface area (Å²) in [6.07, 6.45) is 0.634. The van der Waals surface area contributed by atoms with Crippen molar-refractivity contribution in [1.29, 1.82) is 0 Å². The van der Waals surface area contributed by atoms with Crippen LogP contribution in [0.2, 0.25) is 0 Å². The fraction of sp³-hybridized carbons (Fsp3) is 0.625. The summed E-state index contributed by atoms with van der Waals surface area (Å²) in [5.74, 6) is -2.04. The summed E-state index contributed by atoms with van der Waals surface area (Å²) in [5.41, 5.74) is 7.19. The fourth-order valence-corrected chi connectivity index (χ4v) is 3.43. The standard InChI is InChI=1S/C16H23F2N/c1-12(2)14(13-6-4-3-5-7-13)15(19)8-10-16(17,18)11-9-15/h3-7,12,14H,8-11,19H2,1-2H3. The Balaban J connectivity index is 2.25. The molecule has 0 aromatic heterocycles. The van der Waals surface area contributed by atoms with Crippen LogP contribution in [0, 0.1) is 5.92 Å². The minimum Gasteiger partial charge on any atom is -0.325 e. The van der Waals surface area contributed by atoms with Crippen LogP contribution in [0.3, 0.4) is 0 Å². The Kier molecular flexibility index (Phi) is 3.95. The molecule has 0 bridgehead atoms. The van der Waals surface area contributed by atoms with E-state index >= 15 is 0 Å². The third-order valence-electron chi connectivity index (χ3n) is 4.36. The van der Waals surface area contributed by atoms with Crippen LogP contribution in [0.25, 0.3) is 0 Å². The maximum absolute atomic E-state index is 13.4. The van der Waals surface area contributed by atoms with E-state index in [1.54, 1.807) is 0 Å². The van der Waals surface area contributed by atoms with Gasteiger partial charge in [-0.05, 0) is 24.3 Å². The first kappa shape index (κ1) is 14.4. The van der Waals surface area contributed by atoms with E-state index < -0.39 is 11.5 Å². The van der Waals surface area contributed by atoms with Crippen molar-refractivity contribution in [2.75, 3.05) is 0 Å². The van der Waals surface area contributed by atoms with Gasteiger partial charge in [-0.3, -0.25) is 0 Å². The molecule has 1 unspecified atom stereocenters. The van der Waals surface area contributed by atoms with Crippen LogP contribution < -0.4 is 5.73 Å². The zero-order valence-electron chi connectivity index (χ0n) is 11.7. The lowest BCUT2D eigenvalue weighted by Gasteiger charge is -2.45. The summed E-state index contributed by atoms with van der Waals surface area (Å²) in [4.78, 5) is 0. The maximum Gasteiger partial charge on any atom is 0.248 e. The van der Waals surface area contributed by atoms with Crippen molar-refractivity contribution in [2.45, 2.75) is 56.9 Å². The highest BCUT2D eigenvalue weighted by molar-refractivity contribution is 5.25. The van der Waals surface area contributed by atoms with E-state index in [1.807, 2.05) is 18.2 Å². The molecule has 1 aliphatic rings. The summed E-state index contributed by atoms with van der Waals surface area (Å²) in [6.45, 7) is 4.25. The molecule has 0 heterocycles. The lowest BCUT2D eigenvalue weighted by molar-refractivity contribution is -0.0560. The SMILES string of the molecule is CC(C)C(c1ccccc1)C1(N)CCC(F)(F)CC1. The van der Waals surface area contributed by atoms with Crippen LogP contribution in [0.1, 0.15) is 51.0 Å². The van der Waals surface area contributed by atoms with Crippen molar-refractivity contribution in [3.63, 3.8) is 0 Å². The summed E-state index contributed by atoms with van der Waals surface area (Å²) >= 11 is 0. The fourth-order valence-electron chi connectivity index (χ4n) is 3.43. The zero-order valence-corrected chi connectivity index (χ0v) is 11.7. The molecule has 1 nitrogen and oxygen atoms in total. The zero-order chi connectivity index (χ0) is 14.1. The first-order chi connectivity index (χ1) is 8.84. The smallest absolute Gasteiger partial charge is 0.248 e. The molecule has 106 valence electrons. The molecule has 1 aromatic carbocycles. The number of rotatable bonds is 3. The van der Waals surface area contributed by atoms with E-state index in [0.717, 1.165) is 0 Å². The molecule has 0 saturated heterocycles. The van der Waals surface area contributed by atoms with Crippen molar-refractivity contribution in [3.05, 3.63) is 35.9 Å². The Bertz CT molecular complexity index is 404. The second-order valence-electron chi connectivity index (χ2n) is 6.22. The molecule has 1 atom stereocenters. The number of nitrogens with two attached hydrogens (primary N) is 1. The normalized spacial score (nSPS) is 23.3. The van der Waals surface area contributed by atoms with E-state index in [1.165, 1.54) is 5.56 Å². The van der Waals surface area contributed by atoms with Crippen LogP contribution >= 0.6 is 0 Å². The van der Waals surface area contributed by atoms with Gasteiger partial charge in [-0.25, -0.2) is 8.78 Å². The molecule has 2 N–H and O–H groups in total. The van der Waals surface area contributed by atoms with Gasteiger partial charge in [0.05, 0.1) is 0 Å². The van der Waals surface area contributed by atoms with E-state index in [4.69, 9.17) is 5.73 Å². The highest BCUT2D eigenvalue weighted by atomic mass is 19.3. The molecule has 19 heavy (non-hydrogen) atoms. The molecular formula is C16H23F2N. The van der Waals surface area contributed by atoms with Gasteiger partial charge < -0.3 is 5.73 Å². The van der Waals surface area contributed by atoms with E-state index in [-0.39, 0.29) is 18.8 Å². The first-order valence-corrected chi connectivity index (χ1v) is 7.06. The van der Waals surface area contributed by atoms with Gasteiger partial charge in [-0.1, -0.05) is 44.2 Å². The molecule has 1 aliphatic carbocycles. The van der Waals surface area contributed by atoms with Gasteiger partial charge in [-0.15, -0.1) is 0 Å². The van der Waals surface area contributed by atoms with Crippen molar-refractivity contribution in [1.82, 2.24) is 0 Å². The minimum absolute atomic E-state index is 0.0838. The second-order valence-corrected chi connectivity index (χ2v) is 6.22. The quantitative estimate of drug-likeness (QED) is 0.866. The molecule has 0 amide bonds. The minimum atomic E-state index is -2.53. The number of hydrogen-bond donors (Lipinski definition) is 1. The number of alkyl halides is 2. The summed E-state index contributed by atoms with van der Waals surface area (Å²) < 4.78 is 26.7. The average Bonchev–Trinajstić information content (AvgIpc) is 2.35. The number of halogens is 2. The summed E-state index contributed by atoms with van der Waals surface area (Å²) in [6, 6.07) is 10.1. The Morgan fingerprint density at radius 3 is 2.00 bits per heavy atom. The molecule has 0 radical (unpaired) electrons. The van der Waals surface area contributed by atoms with E-state index in [9.17, 15) is 8.78 Å². The summed E-state index contributed by atoms with van der Waals surface area (Å²) in [7, 11) is 0. The van der Waals surface area contributed by atoms with Gasteiger partial charge in [0.1, 0.15) is 0 Å². The number of benzene rings is 1. The lowest BCUT2D eigenvalue weighted by Crippen LogP contribution is -2.52. The van der Waals surface area contributed by atoms with Crippen molar-refractivity contribution in [2.24, 2.45) is 11.7 Å². The van der Waals surface area contributed by atoms with Gasteiger partial charge in [0.2, 0.25) is 5.92 Å². The Morgan fingerprint density at radius 1 is 1.00 bits per heavy atom. The Hall–Kier alpha value is -0.960. The van der Waals surface area contributed by atoms with Crippen molar-refractivity contribution >= 4 is 0 Å². The third-order valence-corrected chi connectivity index (χ3v) is 4.36. The predicted octanol–water partition coefficient (Wildman–Crippen LogP) is 4.33. The van der Waals surface area contributed by atoms with Gasteiger partial charge in [-0.2, -0.15) is 0 Å². The molecular weight excluding hydrogens is 244 g/mol. The van der Waals surface area contributed by atoms with Gasteiger partial charge >= 0.3 is 0 Å².